The summed E-state index contributed by atoms with van der Waals surface area (Å²) in [4.78, 5) is 13.2. The fourth-order valence-corrected chi connectivity index (χ4v) is 8.88. The van der Waals surface area contributed by atoms with E-state index >= 15 is 0 Å². The van der Waals surface area contributed by atoms with Gasteiger partial charge >= 0.3 is 0 Å². The number of carbonyl (C=O) groups excluding carboxylic acids is 1. The Morgan fingerprint density at radius 2 is 0.919 bits per heavy atom. The highest BCUT2D eigenvalue weighted by Crippen LogP contribution is 2.33. The molecule has 0 spiro atoms. The molecule has 19 nitrogen and oxygen atoms in total. The first-order valence-corrected chi connectivity index (χ1v) is 27.5. The lowest BCUT2D eigenvalue weighted by molar-refractivity contribution is -0.379. The van der Waals surface area contributed by atoms with Gasteiger partial charge < -0.3 is 89.9 Å². The van der Waals surface area contributed by atoms with Gasteiger partial charge in [-0.1, -0.05) is 132 Å². The van der Waals surface area contributed by atoms with Crippen LogP contribution in [0.5, 0.6) is 0 Å². The maximum atomic E-state index is 13.2. The van der Waals surface area contributed by atoms with Gasteiger partial charge in [-0.15, -0.1) is 0 Å². The summed E-state index contributed by atoms with van der Waals surface area (Å²) in [7, 11) is 0. The fourth-order valence-electron chi connectivity index (χ4n) is 8.88. The molecular formula is C55H95NO18. The molecule has 3 rings (SSSR count). The third-order valence-electron chi connectivity index (χ3n) is 13.5. The van der Waals surface area contributed by atoms with Crippen molar-refractivity contribution in [1.82, 2.24) is 5.32 Å². The third kappa shape index (κ3) is 23.6. The number of aliphatic hydroxyl groups is 11. The predicted molar refractivity (Wildman–Crippen MR) is 277 cm³/mol. The van der Waals surface area contributed by atoms with Gasteiger partial charge in [-0.25, -0.2) is 0 Å². The molecule has 0 aliphatic carbocycles. The van der Waals surface area contributed by atoms with Crippen molar-refractivity contribution in [2.45, 2.75) is 253 Å². The Kier molecular flexibility index (Phi) is 34.6. The first-order valence-electron chi connectivity index (χ1n) is 27.5. The molecule has 17 unspecified atom stereocenters. The average molecular weight is 1060 g/mol. The Hall–Kier alpha value is -2.51. The van der Waals surface area contributed by atoms with Crippen LogP contribution in [0.1, 0.15) is 149 Å². The summed E-state index contributed by atoms with van der Waals surface area (Å²) >= 11 is 0. The van der Waals surface area contributed by atoms with Gasteiger partial charge in [0.15, 0.2) is 18.9 Å². The number of hydrogen-bond donors (Lipinski definition) is 12. The Labute approximate surface area is 439 Å². The van der Waals surface area contributed by atoms with Crippen LogP contribution in [0.4, 0.5) is 0 Å². The molecule has 17 atom stereocenters. The average Bonchev–Trinajstić information content (AvgIpc) is 3.40. The summed E-state index contributed by atoms with van der Waals surface area (Å²) in [5.41, 5.74) is 0. The molecule has 0 radical (unpaired) electrons. The summed E-state index contributed by atoms with van der Waals surface area (Å²) in [5, 5.41) is 120. The van der Waals surface area contributed by atoms with Crippen molar-refractivity contribution in [3.63, 3.8) is 0 Å². The van der Waals surface area contributed by atoms with E-state index in [1.54, 1.807) is 6.08 Å². The molecule has 74 heavy (non-hydrogen) atoms. The van der Waals surface area contributed by atoms with Gasteiger partial charge in [0.2, 0.25) is 5.91 Å². The number of ether oxygens (including phenoxy) is 6. The second-order valence-corrected chi connectivity index (χ2v) is 19.7. The van der Waals surface area contributed by atoms with Crippen molar-refractivity contribution in [1.29, 1.82) is 0 Å². The number of rotatable bonds is 38. The van der Waals surface area contributed by atoms with Crippen LogP contribution in [-0.2, 0) is 33.2 Å². The minimum Gasteiger partial charge on any atom is -0.394 e. The van der Waals surface area contributed by atoms with Crippen molar-refractivity contribution in [2.24, 2.45) is 0 Å². The molecular weight excluding hydrogens is 963 g/mol. The predicted octanol–water partition coefficient (Wildman–Crippen LogP) is 3.31. The number of carbonyl (C=O) groups is 1. The Bertz CT molecular complexity index is 1590. The highest BCUT2D eigenvalue weighted by atomic mass is 16.8. The van der Waals surface area contributed by atoms with E-state index in [9.17, 15) is 61.0 Å². The van der Waals surface area contributed by atoms with Gasteiger partial charge in [-0.3, -0.25) is 4.79 Å². The molecule has 3 saturated heterocycles. The first kappa shape index (κ1) is 65.8. The van der Waals surface area contributed by atoms with Crippen LogP contribution in [0, 0.1) is 0 Å². The zero-order chi connectivity index (χ0) is 54.1. The summed E-state index contributed by atoms with van der Waals surface area (Å²) in [6.07, 6.45) is 15.0. The molecule has 0 aromatic rings. The highest BCUT2D eigenvalue weighted by Gasteiger charge is 2.53. The van der Waals surface area contributed by atoms with E-state index in [0.717, 1.165) is 70.6 Å². The molecule has 1 amide bonds. The van der Waals surface area contributed by atoms with Gasteiger partial charge in [-0.05, 0) is 70.6 Å². The lowest BCUT2D eigenvalue weighted by Crippen LogP contribution is -2.66. The van der Waals surface area contributed by atoms with Crippen LogP contribution in [0.2, 0.25) is 0 Å². The molecule has 3 aliphatic rings. The summed E-state index contributed by atoms with van der Waals surface area (Å²) in [6, 6.07) is -1.00. The van der Waals surface area contributed by atoms with Crippen molar-refractivity contribution in [3.8, 4) is 0 Å². The summed E-state index contributed by atoms with van der Waals surface area (Å²) in [5.74, 6) is -0.309. The highest BCUT2D eigenvalue weighted by molar-refractivity contribution is 5.76. The monoisotopic (exact) mass is 1060 g/mol. The molecule has 12 N–H and O–H groups in total. The summed E-state index contributed by atoms with van der Waals surface area (Å²) < 4.78 is 34.1. The number of unbranched alkanes of at least 4 members (excludes halogenated alkanes) is 14. The van der Waals surface area contributed by atoms with Crippen molar-refractivity contribution in [2.75, 3.05) is 26.4 Å². The number of aliphatic hydroxyl groups excluding tert-OH is 11. The van der Waals surface area contributed by atoms with E-state index in [4.69, 9.17) is 28.4 Å². The number of allylic oxidation sites excluding steroid dienone is 9. The number of amides is 1. The van der Waals surface area contributed by atoms with Crippen LogP contribution >= 0.6 is 0 Å². The molecule has 3 heterocycles. The smallest absolute Gasteiger partial charge is 0.220 e. The van der Waals surface area contributed by atoms with E-state index in [1.165, 1.54) is 44.9 Å². The third-order valence-corrected chi connectivity index (χ3v) is 13.5. The first-order chi connectivity index (χ1) is 35.8. The maximum Gasteiger partial charge on any atom is 0.220 e. The topological polar surface area (TPSA) is 307 Å². The SMILES string of the molecule is CCCC/C=C\C/C=C\CCCCCCCC(=O)NC(COC1OC(CO)C(OC2OC(CO)C(OC3OC(CO)C(O)C(O)C3O)C(O)C2O)C(O)C1O)C(O)/C=C/CC/C=C/CC/C=C/CCCCCCC. The molecule has 0 aromatic heterocycles. The molecule has 3 aliphatic heterocycles. The molecule has 428 valence electrons. The lowest BCUT2D eigenvalue weighted by atomic mass is 9.96. The largest absolute Gasteiger partial charge is 0.394 e. The minimum absolute atomic E-state index is 0.213. The Morgan fingerprint density at radius 1 is 0.486 bits per heavy atom. The fraction of sp³-hybridized carbons (Fsp3) is 0.800. The van der Waals surface area contributed by atoms with Crippen LogP contribution in [0.25, 0.3) is 0 Å². The van der Waals surface area contributed by atoms with E-state index in [2.05, 4.69) is 67.8 Å². The maximum absolute atomic E-state index is 13.2. The molecule has 3 fully saturated rings. The van der Waals surface area contributed by atoms with E-state index in [0.29, 0.717) is 12.8 Å². The van der Waals surface area contributed by atoms with Gasteiger partial charge in [0, 0.05) is 6.42 Å². The molecule has 0 saturated carbocycles. The van der Waals surface area contributed by atoms with Gasteiger partial charge in [0.25, 0.3) is 0 Å². The summed E-state index contributed by atoms with van der Waals surface area (Å²) in [6.45, 7) is 1.58. The van der Waals surface area contributed by atoms with Crippen molar-refractivity contribution in [3.05, 3.63) is 60.8 Å². The van der Waals surface area contributed by atoms with Crippen LogP contribution in [-0.4, -0.2) is 193 Å². The van der Waals surface area contributed by atoms with Crippen LogP contribution in [0.3, 0.4) is 0 Å². The normalized spacial score (nSPS) is 31.9. The van der Waals surface area contributed by atoms with E-state index in [1.807, 2.05) is 6.08 Å². The zero-order valence-electron chi connectivity index (χ0n) is 44.0. The van der Waals surface area contributed by atoms with Gasteiger partial charge in [0.1, 0.15) is 73.2 Å². The Balaban J connectivity index is 1.57. The van der Waals surface area contributed by atoms with Gasteiger partial charge in [-0.2, -0.15) is 0 Å². The standard InChI is InChI=1S/C55H95NO18/c1-3-5-7-9-11-13-15-17-19-20-22-24-26-28-30-32-39(60)38(56-43(61)33-31-29-27-25-23-21-18-16-14-12-10-8-6-4-2)37-69-53-49(67)46(64)51(41(35-58)71-53)74-55-50(68)47(65)52(42(36-59)72-55)73-54-48(66)45(63)44(62)40(34-57)70-54/h10,12,15-18,22,24,30,32,38-42,44-55,57-60,62-68H,3-9,11,13-14,19-21,23,25-29,31,33-37H2,1-2H3,(H,56,61)/b12-10-,17-15+,18-16-,24-22+,32-30+. The second kappa shape index (κ2) is 38.9. The molecule has 19 heteroatoms. The zero-order valence-corrected chi connectivity index (χ0v) is 44.0. The quantitative estimate of drug-likeness (QED) is 0.0312. The molecule has 0 aromatic carbocycles. The lowest BCUT2D eigenvalue weighted by Gasteiger charge is -2.48. The Morgan fingerprint density at radius 3 is 1.47 bits per heavy atom. The van der Waals surface area contributed by atoms with Crippen molar-refractivity contribution < 1.29 is 89.4 Å². The van der Waals surface area contributed by atoms with Crippen LogP contribution in [0.15, 0.2) is 60.8 Å². The number of nitrogens with one attached hydrogen (secondary N) is 1. The van der Waals surface area contributed by atoms with Crippen LogP contribution < -0.4 is 5.32 Å². The van der Waals surface area contributed by atoms with Gasteiger partial charge in [0.05, 0.1) is 38.6 Å². The molecule has 0 bridgehead atoms. The van der Waals surface area contributed by atoms with E-state index in [-0.39, 0.29) is 18.9 Å². The second-order valence-electron chi connectivity index (χ2n) is 19.7. The van der Waals surface area contributed by atoms with Crippen molar-refractivity contribution >= 4 is 5.91 Å². The number of hydrogen-bond acceptors (Lipinski definition) is 18. The minimum atomic E-state index is -1.98. The van der Waals surface area contributed by atoms with E-state index < -0.39 is 124 Å².